The normalized spacial score (nSPS) is 21.0. The van der Waals surface area contributed by atoms with Gasteiger partial charge in [-0.2, -0.15) is 0 Å². The average Bonchev–Trinajstić information content (AvgIpc) is 2.98. The van der Waals surface area contributed by atoms with Crippen molar-refractivity contribution in [2.45, 2.75) is 57.7 Å². The van der Waals surface area contributed by atoms with Crippen LogP contribution in [0.3, 0.4) is 0 Å². The smallest absolute Gasteiger partial charge is 0.410 e. The summed E-state index contributed by atoms with van der Waals surface area (Å²) in [6.45, 7) is 5.68. The third kappa shape index (κ3) is 6.06. The molecular formula is C20H28N2O5. The van der Waals surface area contributed by atoms with Gasteiger partial charge in [-0.25, -0.2) is 4.79 Å². The van der Waals surface area contributed by atoms with E-state index in [0.717, 1.165) is 12.0 Å². The van der Waals surface area contributed by atoms with Crippen molar-refractivity contribution in [1.82, 2.24) is 4.90 Å². The summed E-state index contributed by atoms with van der Waals surface area (Å²) in [5.41, 5.74) is 5.96. The molecule has 0 spiro atoms. The van der Waals surface area contributed by atoms with Crippen LogP contribution in [0.4, 0.5) is 4.79 Å². The lowest BCUT2D eigenvalue weighted by Gasteiger charge is -2.28. The molecule has 1 aromatic carbocycles. The molecule has 0 saturated carbocycles. The molecular weight excluding hydrogens is 348 g/mol. The first-order chi connectivity index (χ1) is 12.6. The number of Topliss-reactive ketones (excluding diaryl/α,β-unsaturated/α-hetero) is 1. The number of aliphatic carboxylic acids is 1. The Morgan fingerprint density at radius 1 is 1.26 bits per heavy atom. The number of likely N-dealkylation sites (tertiary alicyclic amines) is 1. The highest BCUT2D eigenvalue weighted by Gasteiger charge is 2.41. The predicted octanol–water partition coefficient (Wildman–Crippen LogP) is 2.23. The van der Waals surface area contributed by atoms with Crippen LogP contribution in [0, 0.1) is 5.92 Å². The van der Waals surface area contributed by atoms with Crippen LogP contribution < -0.4 is 5.73 Å². The number of amides is 1. The maximum atomic E-state index is 12.6. The number of hydrogen-bond acceptors (Lipinski definition) is 5. The van der Waals surface area contributed by atoms with Crippen LogP contribution in [-0.2, 0) is 20.7 Å². The van der Waals surface area contributed by atoms with Gasteiger partial charge in [0.15, 0.2) is 5.78 Å². The summed E-state index contributed by atoms with van der Waals surface area (Å²) >= 11 is 0. The lowest BCUT2D eigenvalue weighted by atomic mass is 9.94. The zero-order valence-electron chi connectivity index (χ0n) is 16.1. The number of benzene rings is 1. The van der Waals surface area contributed by atoms with E-state index in [2.05, 4.69) is 0 Å². The van der Waals surface area contributed by atoms with Gasteiger partial charge in [0.05, 0.1) is 6.04 Å². The number of nitrogens with two attached hydrogens (primary N) is 1. The number of ketones is 1. The molecule has 0 unspecified atom stereocenters. The van der Waals surface area contributed by atoms with Gasteiger partial charge in [0, 0.05) is 13.0 Å². The summed E-state index contributed by atoms with van der Waals surface area (Å²) in [4.78, 5) is 37.6. The van der Waals surface area contributed by atoms with Crippen molar-refractivity contribution < 1.29 is 24.2 Å². The predicted molar refractivity (Wildman–Crippen MR) is 100 cm³/mol. The van der Waals surface area contributed by atoms with E-state index in [1.54, 1.807) is 20.8 Å². The standard InChI is InChI=1S/C20H28N2O5/c1-20(2,3)27-19(26)22-12-14(9-13-7-5-4-6-8-13)10-16(22)17(23)11-15(21)18(24)25/h4-8,14-16H,9-12,21H2,1-3H3,(H,24,25)/t14-,15-,16+/m0/s1. The van der Waals surface area contributed by atoms with Crippen LogP contribution >= 0.6 is 0 Å². The van der Waals surface area contributed by atoms with Crippen LogP contribution in [0.2, 0.25) is 0 Å². The summed E-state index contributed by atoms with van der Waals surface area (Å²) in [6.07, 6.45) is 0.339. The molecule has 1 aromatic rings. The van der Waals surface area contributed by atoms with Gasteiger partial charge in [-0.3, -0.25) is 14.5 Å². The van der Waals surface area contributed by atoms with Gasteiger partial charge >= 0.3 is 12.1 Å². The number of carboxylic acids is 1. The summed E-state index contributed by atoms with van der Waals surface area (Å²) in [5.74, 6) is -1.48. The Hall–Kier alpha value is -2.41. The molecule has 3 N–H and O–H groups in total. The number of hydrogen-bond donors (Lipinski definition) is 2. The zero-order valence-corrected chi connectivity index (χ0v) is 16.1. The second-order valence-corrected chi connectivity index (χ2v) is 8.06. The van der Waals surface area contributed by atoms with E-state index in [9.17, 15) is 14.4 Å². The van der Waals surface area contributed by atoms with Crippen molar-refractivity contribution in [2.24, 2.45) is 11.7 Å². The van der Waals surface area contributed by atoms with Crippen molar-refractivity contribution >= 4 is 17.8 Å². The topological polar surface area (TPSA) is 110 Å². The molecule has 0 bridgehead atoms. The molecule has 0 aliphatic carbocycles. The minimum atomic E-state index is -1.27. The fourth-order valence-corrected chi connectivity index (χ4v) is 3.29. The second kappa shape index (κ2) is 8.52. The molecule has 27 heavy (non-hydrogen) atoms. The van der Waals surface area contributed by atoms with E-state index in [4.69, 9.17) is 15.6 Å². The largest absolute Gasteiger partial charge is 0.480 e. The van der Waals surface area contributed by atoms with E-state index in [1.807, 2.05) is 30.3 Å². The van der Waals surface area contributed by atoms with Crippen LogP contribution in [0.1, 0.15) is 39.2 Å². The van der Waals surface area contributed by atoms with Crippen molar-refractivity contribution in [1.29, 1.82) is 0 Å². The summed E-state index contributed by atoms with van der Waals surface area (Å²) in [6, 6.07) is 7.87. The molecule has 1 aliphatic rings. The highest BCUT2D eigenvalue weighted by Crippen LogP contribution is 2.29. The lowest BCUT2D eigenvalue weighted by Crippen LogP contribution is -2.45. The third-order valence-corrected chi connectivity index (χ3v) is 4.49. The van der Waals surface area contributed by atoms with Crippen molar-refractivity contribution in [2.75, 3.05) is 6.54 Å². The first-order valence-corrected chi connectivity index (χ1v) is 9.11. The maximum absolute atomic E-state index is 12.6. The minimum Gasteiger partial charge on any atom is -0.480 e. The Bertz CT molecular complexity index is 683. The Balaban J connectivity index is 2.14. The molecule has 2 rings (SSSR count). The molecule has 148 valence electrons. The van der Waals surface area contributed by atoms with E-state index >= 15 is 0 Å². The second-order valence-electron chi connectivity index (χ2n) is 8.06. The first-order valence-electron chi connectivity index (χ1n) is 9.11. The SMILES string of the molecule is CC(C)(C)OC(=O)N1C[C@@H](Cc2ccccc2)C[C@@H]1C(=O)C[C@H](N)C(=O)O. The van der Waals surface area contributed by atoms with Crippen molar-refractivity contribution in [3.05, 3.63) is 35.9 Å². The van der Waals surface area contributed by atoms with E-state index in [1.165, 1.54) is 4.90 Å². The highest BCUT2D eigenvalue weighted by atomic mass is 16.6. The molecule has 1 fully saturated rings. The molecule has 1 aliphatic heterocycles. The van der Waals surface area contributed by atoms with Crippen LogP contribution in [0.15, 0.2) is 30.3 Å². The number of carbonyl (C=O) groups is 3. The fraction of sp³-hybridized carbons (Fsp3) is 0.550. The third-order valence-electron chi connectivity index (χ3n) is 4.49. The minimum absolute atomic E-state index is 0.0925. The van der Waals surface area contributed by atoms with Crippen molar-refractivity contribution in [3.63, 3.8) is 0 Å². The lowest BCUT2D eigenvalue weighted by molar-refractivity contribution is -0.140. The molecule has 0 aromatic heterocycles. The Morgan fingerprint density at radius 3 is 2.44 bits per heavy atom. The molecule has 1 amide bonds. The first kappa shape index (κ1) is 20.9. The molecule has 7 nitrogen and oxygen atoms in total. The Morgan fingerprint density at radius 2 is 1.89 bits per heavy atom. The monoisotopic (exact) mass is 376 g/mol. The van der Waals surface area contributed by atoms with E-state index < -0.39 is 29.7 Å². The number of rotatable bonds is 6. The number of carbonyl (C=O) groups excluding carboxylic acids is 2. The van der Waals surface area contributed by atoms with Gasteiger partial charge in [0.2, 0.25) is 0 Å². The Labute approximate surface area is 159 Å². The van der Waals surface area contributed by atoms with Crippen LogP contribution in [-0.4, -0.2) is 52.1 Å². The molecule has 1 heterocycles. The summed E-state index contributed by atoms with van der Waals surface area (Å²) in [7, 11) is 0. The van der Waals surface area contributed by atoms with Gasteiger partial charge in [-0.1, -0.05) is 30.3 Å². The van der Waals surface area contributed by atoms with Gasteiger partial charge < -0.3 is 15.6 Å². The molecule has 0 radical (unpaired) electrons. The quantitative estimate of drug-likeness (QED) is 0.788. The maximum Gasteiger partial charge on any atom is 0.410 e. The Kier molecular flexibility index (Phi) is 6.59. The average molecular weight is 376 g/mol. The zero-order chi connectivity index (χ0) is 20.2. The van der Waals surface area contributed by atoms with Gasteiger partial charge in [-0.05, 0) is 45.1 Å². The van der Waals surface area contributed by atoms with Crippen LogP contribution in [0.5, 0.6) is 0 Å². The molecule has 7 heteroatoms. The summed E-state index contributed by atoms with van der Waals surface area (Å²) < 4.78 is 5.44. The van der Waals surface area contributed by atoms with Gasteiger partial charge in [-0.15, -0.1) is 0 Å². The van der Waals surface area contributed by atoms with Crippen molar-refractivity contribution in [3.8, 4) is 0 Å². The van der Waals surface area contributed by atoms with Crippen LogP contribution in [0.25, 0.3) is 0 Å². The molecule has 1 saturated heterocycles. The van der Waals surface area contributed by atoms with E-state index in [-0.39, 0.29) is 18.1 Å². The molecule has 3 atom stereocenters. The number of carboxylic acid groups (broad SMARTS) is 1. The van der Waals surface area contributed by atoms with Gasteiger partial charge in [0.1, 0.15) is 11.6 Å². The number of nitrogens with zero attached hydrogens (tertiary/aromatic N) is 1. The fourth-order valence-electron chi connectivity index (χ4n) is 3.29. The van der Waals surface area contributed by atoms with E-state index in [0.29, 0.717) is 13.0 Å². The summed E-state index contributed by atoms with van der Waals surface area (Å²) in [5, 5.41) is 8.97. The van der Waals surface area contributed by atoms with Gasteiger partial charge in [0.25, 0.3) is 0 Å². The number of ether oxygens (including phenoxy) is 1. The highest BCUT2D eigenvalue weighted by molar-refractivity contribution is 5.91.